The van der Waals surface area contributed by atoms with Gasteiger partial charge in [-0.3, -0.25) is 0 Å². The second-order valence-corrected chi connectivity index (χ2v) is 4.69. The minimum absolute atomic E-state index is 0.230. The van der Waals surface area contributed by atoms with Crippen molar-refractivity contribution in [2.75, 3.05) is 5.73 Å². The van der Waals surface area contributed by atoms with E-state index in [-0.39, 0.29) is 5.82 Å². The molecule has 0 bridgehead atoms. The standard InChI is InChI=1S/C10H12FNS/c11-8-3-7(4-9(12)5-8)6-13-10-1-2-10/h3-5,10H,1-2,6,12H2. The molecule has 1 aromatic carbocycles. The van der Waals surface area contributed by atoms with E-state index in [1.807, 2.05) is 17.8 Å². The zero-order valence-electron chi connectivity index (χ0n) is 7.29. The van der Waals surface area contributed by atoms with Gasteiger partial charge in [0.15, 0.2) is 0 Å². The molecule has 1 aromatic rings. The van der Waals surface area contributed by atoms with Gasteiger partial charge in [0, 0.05) is 16.7 Å². The van der Waals surface area contributed by atoms with Crippen LogP contribution in [-0.4, -0.2) is 5.25 Å². The highest BCUT2D eigenvalue weighted by Gasteiger charge is 2.21. The highest BCUT2D eigenvalue weighted by Crippen LogP contribution is 2.36. The van der Waals surface area contributed by atoms with Gasteiger partial charge >= 0.3 is 0 Å². The number of nitrogen functional groups attached to an aromatic ring is 1. The molecule has 2 N–H and O–H groups in total. The first kappa shape index (κ1) is 8.88. The third kappa shape index (κ3) is 2.62. The topological polar surface area (TPSA) is 26.0 Å². The van der Waals surface area contributed by atoms with Gasteiger partial charge in [-0.15, -0.1) is 0 Å². The molecule has 1 fully saturated rings. The van der Waals surface area contributed by atoms with E-state index in [1.54, 1.807) is 6.07 Å². The van der Waals surface area contributed by atoms with Crippen LogP contribution in [0.25, 0.3) is 0 Å². The Balaban J connectivity index is 2.01. The zero-order chi connectivity index (χ0) is 9.26. The van der Waals surface area contributed by atoms with Crippen LogP contribution in [0.15, 0.2) is 18.2 Å². The van der Waals surface area contributed by atoms with Gasteiger partial charge in [0.25, 0.3) is 0 Å². The molecule has 0 unspecified atom stereocenters. The quantitative estimate of drug-likeness (QED) is 0.754. The van der Waals surface area contributed by atoms with Gasteiger partial charge in [-0.05, 0) is 36.6 Å². The van der Waals surface area contributed by atoms with Crippen molar-refractivity contribution < 1.29 is 4.39 Å². The average molecular weight is 197 g/mol. The van der Waals surface area contributed by atoms with E-state index in [9.17, 15) is 4.39 Å². The van der Waals surface area contributed by atoms with Crippen molar-refractivity contribution in [3.8, 4) is 0 Å². The summed E-state index contributed by atoms with van der Waals surface area (Å²) in [5.41, 5.74) is 7.05. The Kier molecular flexibility index (Phi) is 2.44. The lowest BCUT2D eigenvalue weighted by atomic mass is 10.2. The molecule has 0 atom stereocenters. The average Bonchev–Trinajstić information content (AvgIpc) is 2.81. The van der Waals surface area contributed by atoms with Crippen LogP contribution in [0.2, 0.25) is 0 Å². The van der Waals surface area contributed by atoms with Crippen molar-refractivity contribution in [3.05, 3.63) is 29.6 Å². The van der Waals surface area contributed by atoms with Crippen LogP contribution in [0.4, 0.5) is 10.1 Å². The van der Waals surface area contributed by atoms with Crippen LogP contribution < -0.4 is 5.73 Å². The first-order chi connectivity index (χ1) is 6.24. The Morgan fingerprint density at radius 2 is 2.15 bits per heavy atom. The fraction of sp³-hybridized carbons (Fsp3) is 0.400. The second kappa shape index (κ2) is 3.58. The lowest BCUT2D eigenvalue weighted by molar-refractivity contribution is 0.627. The molecule has 0 aliphatic heterocycles. The molecule has 0 aromatic heterocycles. The lowest BCUT2D eigenvalue weighted by Crippen LogP contribution is -1.90. The third-order valence-electron chi connectivity index (χ3n) is 1.99. The van der Waals surface area contributed by atoms with Crippen LogP contribution in [-0.2, 0) is 5.75 Å². The molecule has 1 saturated carbocycles. The smallest absolute Gasteiger partial charge is 0.125 e. The molecular weight excluding hydrogens is 185 g/mol. The van der Waals surface area contributed by atoms with E-state index in [1.165, 1.54) is 18.9 Å². The van der Waals surface area contributed by atoms with Crippen molar-refractivity contribution in [1.82, 2.24) is 0 Å². The van der Waals surface area contributed by atoms with E-state index >= 15 is 0 Å². The third-order valence-corrected chi connectivity index (χ3v) is 3.43. The molecule has 0 heterocycles. The fourth-order valence-corrected chi connectivity index (χ4v) is 2.27. The van der Waals surface area contributed by atoms with E-state index in [4.69, 9.17) is 5.73 Å². The number of anilines is 1. The van der Waals surface area contributed by atoms with E-state index < -0.39 is 0 Å². The number of halogens is 1. The van der Waals surface area contributed by atoms with E-state index in [0.29, 0.717) is 5.69 Å². The number of thioether (sulfide) groups is 1. The Bertz CT molecular complexity index is 290. The molecule has 2 rings (SSSR count). The maximum absolute atomic E-state index is 12.9. The lowest BCUT2D eigenvalue weighted by Gasteiger charge is -2.02. The number of nitrogens with two attached hydrogens (primary N) is 1. The van der Waals surface area contributed by atoms with Crippen molar-refractivity contribution in [3.63, 3.8) is 0 Å². The molecule has 0 spiro atoms. The maximum atomic E-state index is 12.9. The molecule has 0 saturated heterocycles. The Morgan fingerprint density at radius 3 is 2.77 bits per heavy atom. The summed E-state index contributed by atoms with van der Waals surface area (Å²) in [6.45, 7) is 0. The Morgan fingerprint density at radius 1 is 1.38 bits per heavy atom. The van der Waals surface area contributed by atoms with Gasteiger partial charge in [0.05, 0.1) is 0 Å². The van der Waals surface area contributed by atoms with Crippen molar-refractivity contribution in [2.24, 2.45) is 0 Å². The number of rotatable bonds is 3. The highest BCUT2D eigenvalue weighted by atomic mass is 32.2. The molecule has 1 nitrogen and oxygen atoms in total. The van der Waals surface area contributed by atoms with Gasteiger partial charge in [0.2, 0.25) is 0 Å². The monoisotopic (exact) mass is 197 g/mol. The minimum Gasteiger partial charge on any atom is -0.399 e. The summed E-state index contributed by atoms with van der Waals surface area (Å²) in [6.07, 6.45) is 2.63. The molecule has 0 radical (unpaired) electrons. The summed E-state index contributed by atoms with van der Waals surface area (Å²) < 4.78 is 12.9. The molecule has 13 heavy (non-hydrogen) atoms. The maximum Gasteiger partial charge on any atom is 0.125 e. The highest BCUT2D eigenvalue weighted by molar-refractivity contribution is 7.99. The van der Waals surface area contributed by atoms with Crippen molar-refractivity contribution in [2.45, 2.75) is 23.8 Å². The van der Waals surface area contributed by atoms with Gasteiger partial charge in [-0.25, -0.2) is 4.39 Å². The summed E-state index contributed by atoms with van der Waals surface area (Å²) in [7, 11) is 0. The molecule has 1 aliphatic rings. The minimum atomic E-state index is -0.230. The van der Waals surface area contributed by atoms with Crippen LogP contribution in [0.5, 0.6) is 0 Å². The molecular formula is C10H12FNS. The summed E-state index contributed by atoms with van der Waals surface area (Å²) in [5.74, 6) is 0.651. The van der Waals surface area contributed by atoms with Gasteiger partial charge in [-0.1, -0.05) is 0 Å². The summed E-state index contributed by atoms with van der Waals surface area (Å²) in [6, 6.07) is 4.76. The van der Waals surface area contributed by atoms with Gasteiger partial charge < -0.3 is 5.73 Å². The first-order valence-corrected chi connectivity index (χ1v) is 5.45. The van der Waals surface area contributed by atoms with Crippen molar-refractivity contribution >= 4 is 17.4 Å². The number of hydrogen-bond acceptors (Lipinski definition) is 2. The second-order valence-electron chi connectivity index (χ2n) is 3.40. The Hall–Kier alpha value is -0.700. The largest absolute Gasteiger partial charge is 0.399 e. The van der Waals surface area contributed by atoms with Crippen LogP contribution in [0, 0.1) is 5.82 Å². The first-order valence-electron chi connectivity index (χ1n) is 4.40. The SMILES string of the molecule is Nc1cc(F)cc(CSC2CC2)c1. The molecule has 0 amide bonds. The fourth-order valence-electron chi connectivity index (χ4n) is 1.21. The zero-order valence-corrected chi connectivity index (χ0v) is 8.11. The van der Waals surface area contributed by atoms with Gasteiger partial charge in [0.1, 0.15) is 5.82 Å². The van der Waals surface area contributed by atoms with Gasteiger partial charge in [-0.2, -0.15) is 11.8 Å². The summed E-state index contributed by atoms with van der Waals surface area (Å²) in [4.78, 5) is 0. The Labute approximate surface area is 81.5 Å². The summed E-state index contributed by atoms with van der Waals surface area (Å²) in [5, 5.41) is 0.810. The van der Waals surface area contributed by atoms with Crippen LogP contribution in [0.1, 0.15) is 18.4 Å². The molecule has 1 aliphatic carbocycles. The molecule has 70 valence electrons. The van der Waals surface area contributed by atoms with Crippen LogP contribution >= 0.6 is 11.8 Å². The van der Waals surface area contributed by atoms with Crippen molar-refractivity contribution in [1.29, 1.82) is 0 Å². The number of benzene rings is 1. The molecule has 3 heteroatoms. The van der Waals surface area contributed by atoms with E-state index in [2.05, 4.69) is 0 Å². The van der Waals surface area contributed by atoms with Crippen LogP contribution in [0.3, 0.4) is 0 Å². The predicted octanol–water partition coefficient (Wildman–Crippen LogP) is 2.80. The normalized spacial score (nSPS) is 16.1. The predicted molar refractivity (Wildman–Crippen MR) is 55.1 cm³/mol. The summed E-state index contributed by atoms with van der Waals surface area (Å²) >= 11 is 1.89. The number of hydrogen-bond donors (Lipinski definition) is 1. The van der Waals surface area contributed by atoms with E-state index in [0.717, 1.165) is 16.6 Å².